The lowest BCUT2D eigenvalue weighted by molar-refractivity contribution is 0.0870. The van der Waals surface area contributed by atoms with Crippen molar-refractivity contribution in [1.82, 2.24) is 20.6 Å². The van der Waals surface area contributed by atoms with Gasteiger partial charge in [0, 0.05) is 24.8 Å². The molecule has 0 radical (unpaired) electrons. The molecule has 3 N–H and O–H groups in total. The number of fused-ring (bicyclic) bond motifs is 2. The van der Waals surface area contributed by atoms with Crippen LogP contribution in [0.25, 0.3) is 5.57 Å². The van der Waals surface area contributed by atoms with E-state index in [-0.39, 0.29) is 17.0 Å². The molecule has 1 aromatic carbocycles. The van der Waals surface area contributed by atoms with E-state index in [2.05, 4.69) is 69.6 Å². The summed E-state index contributed by atoms with van der Waals surface area (Å²) in [5, 5.41) is 16.3. The smallest absolute Gasteiger partial charge is 0.290 e. The van der Waals surface area contributed by atoms with Crippen LogP contribution in [0.15, 0.2) is 33.7 Å². The van der Waals surface area contributed by atoms with Gasteiger partial charge in [-0.25, -0.2) is 15.8 Å². The molecule has 1 aliphatic carbocycles. The fourth-order valence-electron chi connectivity index (χ4n) is 5.67. The maximum Gasteiger partial charge on any atom is 0.290 e. The van der Waals surface area contributed by atoms with Gasteiger partial charge in [-0.05, 0) is 73.3 Å². The summed E-state index contributed by atoms with van der Waals surface area (Å²) in [4.78, 5) is 4.75. The summed E-state index contributed by atoms with van der Waals surface area (Å²) in [7, 11) is 1.89. The highest BCUT2D eigenvalue weighted by molar-refractivity contribution is 5.50. The Morgan fingerprint density at radius 3 is 2.46 bits per heavy atom. The molecular formula is C29H39N5O3. The lowest BCUT2D eigenvalue weighted by atomic mass is 9.63. The predicted molar refractivity (Wildman–Crippen MR) is 143 cm³/mol. The van der Waals surface area contributed by atoms with Crippen LogP contribution in [0.2, 0.25) is 0 Å². The number of aryl methyl sites for hydroxylation is 3. The molecule has 37 heavy (non-hydrogen) atoms. The lowest BCUT2D eigenvalue weighted by Crippen LogP contribution is -2.47. The number of hydrazine groups is 1. The number of aromatic nitrogens is 2. The van der Waals surface area contributed by atoms with Crippen molar-refractivity contribution in [3.05, 3.63) is 63.1 Å². The number of ether oxygens (including phenoxy) is 1. The van der Waals surface area contributed by atoms with Gasteiger partial charge in [-0.3, -0.25) is 4.68 Å². The van der Waals surface area contributed by atoms with E-state index >= 15 is 0 Å². The van der Waals surface area contributed by atoms with E-state index in [9.17, 15) is 5.11 Å². The highest BCUT2D eigenvalue weighted by atomic mass is 16.6. The van der Waals surface area contributed by atoms with Crippen molar-refractivity contribution >= 4 is 5.57 Å². The molecule has 3 aromatic rings. The molecule has 198 valence electrons. The van der Waals surface area contributed by atoms with E-state index in [0.717, 1.165) is 40.6 Å². The maximum atomic E-state index is 10.7. The Hall–Kier alpha value is -2.94. The normalized spacial score (nSPS) is 20.7. The third kappa shape index (κ3) is 4.74. The van der Waals surface area contributed by atoms with Gasteiger partial charge in [0.05, 0.1) is 5.69 Å². The standard InChI is InChI=1S/C29H39N5O3/c1-16-13-19-20(29(6,7)12-11-28(19,4)5)15-22(16)37-24-10-9-21(36-24)27(35)32-31-23-14-17(2)25-18(3)33-34(8)26(25)30-23/h9-10,13,15,23,27,31-32,35H,11-12,14H2,1-8H3/t23?,27-/m1/s1. The maximum absolute atomic E-state index is 10.7. The zero-order valence-electron chi connectivity index (χ0n) is 23.2. The Morgan fingerprint density at radius 2 is 1.76 bits per heavy atom. The largest absolute Gasteiger partial charge is 0.426 e. The van der Waals surface area contributed by atoms with Crippen LogP contribution in [-0.4, -0.2) is 21.1 Å². The third-order valence-corrected chi connectivity index (χ3v) is 8.01. The minimum Gasteiger partial charge on any atom is -0.426 e. The van der Waals surface area contributed by atoms with Crippen LogP contribution >= 0.6 is 0 Å². The summed E-state index contributed by atoms with van der Waals surface area (Å²) in [6.45, 7) is 15.4. The monoisotopic (exact) mass is 505 g/mol. The molecule has 0 saturated heterocycles. The van der Waals surface area contributed by atoms with Crippen LogP contribution in [0, 0.1) is 13.8 Å². The van der Waals surface area contributed by atoms with Crippen molar-refractivity contribution in [2.75, 3.05) is 0 Å². The molecule has 3 heterocycles. The van der Waals surface area contributed by atoms with E-state index in [0.29, 0.717) is 11.7 Å². The van der Waals surface area contributed by atoms with Gasteiger partial charge in [0.15, 0.2) is 17.5 Å². The van der Waals surface area contributed by atoms with Gasteiger partial charge in [-0.15, -0.1) is 0 Å². The van der Waals surface area contributed by atoms with Gasteiger partial charge in [-0.1, -0.05) is 39.3 Å². The first-order valence-corrected chi connectivity index (χ1v) is 13.1. The van der Waals surface area contributed by atoms with Crippen LogP contribution in [0.4, 0.5) is 0 Å². The van der Waals surface area contributed by atoms with Crippen molar-refractivity contribution in [1.29, 1.82) is 0 Å². The van der Waals surface area contributed by atoms with Gasteiger partial charge >= 0.3 is 0 Å². The summed E-state index contributed by atoms with van der Waals surface area (Å²) in [5.74, 6) is 1.47. The van der Waals surface area contributed by atoms with E-state index in [1.165, 1.54) is 23.1 Å². The second kappa shape index (κ2) is 9.11. The zero-order valence-corrected chi connectivity index (χ0v) is 23.2. The van der Waals surface area contributed by atoms with E-state index in [4.69, 9.17) is 14.1 Å². The molecule has 0 amide bonds. The van der Waals surface area contributed by atoms with Crippen LogP contribution in [0.3, 0.4) is 0 Å². The number of furan rings is 1. The first kappa shape index (κ1) is 25.7. The molecular weight excluding hydrogens is 466 g/mol. The number of aliphatic hydroxyl groups is 1. The Kier molecular flexibility index (Phi) is 6.33. The molecule has 8 nitrogen and oxygen atoms in total. The van der Waals surface area contributed by atoms with Crippen LogP contribution < -0.4 is 26.3 Å². The number of nitrogens with zero attached hydrogens (tertiary/aromatic N) is 3. The zero-order chi connectivity index (χ0) is 26.7. The number of aliphatic hydroxyl groups excluding tert-OH is 1. The van der Waals surface area contributed by atoms with Gasteiger partial charge in [-0.2, -0.15) is 5.10 Å². The van der Waals surface area contributed by atoms with Crippen LogP contribution in [0.1, 0.15) is 88.3 Å². The second-order valence-electron chi connectivity index (χ2n) is 11.9. The molecule has 0 spiro atoms. The summed E-state index contributed by atoms with van der Waals surface area (Å²) in [6, 6.07) is 7.88. The quantitative estimate of drug-likeness (QED) is 0.345. The number of hydrogen-bond donors (Lipinski definition) is 3. The molecule has 8 heteroatoms. The molecule has 0 fully saturated rings. The highest BCUT2D eigenvalue weighted by Gasteiger charge is 2.37. The highest BCUT2D eigenvalue weighted by Crippen LogP contribution is 2.48. The average molecular weight is 506 g/mol. The Morgan fingerprint density at radius 1 is 1.08 bits per heavy atom. The molecule has 0 saturated carbocycles. The predicted octanol–water partition coefficient (Wildman–Crippen LogP) is 4.08. The first-order valence-electron chi connectivity index (χ1n) is 13.1. The third-order valence-electron chi connectivity index (χ3n) is 8.01. The number of nitrogens with one attached hydrogen (secondary N) is 2. The van der Waals surface area contributed by atoms with Crippen molar-refractivity contribution in [3.8, 4) is 11.7 Å². The first-order chi connectivity index (χ1) is 17.4. The van der Waals surface area contributed by atoms with Gasteiger partial charge < -0.3 is 14.3 Å². The summed E-state index contributed by atoms with van der Waals surface area (Å²) >= 11 is 0. The summed E-state index contributed by atoms with van der Waals surface area (Å²) in [5.41, 5.74) is 13.1. The number of rotatable bonds is 6. The Bertz CT molecular complexity index is 1460. The van der Waals surface area contributed by atoms with Crippen molar-refractivity contribution in [2.45, 2.75) is 91.0 Å². The van der Waals surface area contributed by atoms with E-state index in [1.807, 2.05) is 14.0 Å². The minimum absolute atomic E-state index is 0.0890. The Balaban J connectivity index is 1.28. The average Bonchev–Trinajstić information content (AvgIpc) is 3.40. The SMILES string of the molecule is CC1=c2c(C)nn(C)c2=NC(NN[C@H](O)c2ccc(Oc3cc4c(cc3C)C(C)(C)CCC4(C)C)o2)C1. The van der Waals surface area contributed by atoms with E-state index < -0.39 is 6.23 Å². The molecule has 1 aliphatic heterocycles. The van der Waals surface area contributed by atoms with Gasteiger partial charge in [0.25, 0.3) is 5.95 Å². The van der Waals surface area contributed by atoms with Crippen LogP contribution in [-0.2, 0) is 17.9 Å². The van der Waals surface area contributed by atoms with Gasteiger partial charge in [0.2, 0.25) is 0 Å². The number of hydrogen-bond acceptors (Lipinski definition) is 7. The van der Waals surface area contributed by atoms with Crippen molar-refractivity contribution in [2.24, 2.45) is 12.0 Å². The molecule has 1 unspecified atom stereocenters. The molecule has 2 aliphatic rings. The van der Waals surface area contributed by atoms with Crippen molar-refractivity contribution in [3.63, 3.8) is 0 Å². The molecule has 5 rings (SSSR count). The van der Waals surface area contributed by atoms with Gasteiger partial charge in [0.1, 0.15) is 11.9 Å². The van der Waals surface area contributed by atoms with Crippen LogP contribution in [0.5, 0.6) is 11.7 Å². The Labute approximate surface area is 218 Å². The fourth-order valence-corrected chi connectivity index (χ4v) is 5.67. The van der Waals surface area contributed by atoms with E-state index in [1.54, 1.807) is 16.8 Å². The second-order valence-corrected chi connectivity index (χ2v) is 11.9. The van der Waals surface area contributed by atoms with Crippen molar-refractivity contribution < 1.29 is 14.3 Å². The summed E-state index contributed by atoms with van der Waals surface area (Å²) in [6.07, 6.45) is 1.73. The fraction of sp³-hybridized carbons (Fsp3) is 0.517. The number of benzene rings is 1. The molecule has 2 atom stereocenters. The minimum atomic E-state index is -1.06. The summed E-state index contributed by atoms with van der Waals surface area (Å²) < 4.78 is 13.8. The molecule has 2 aromatic heterocycles. The molecule has 0 bridgehead atoms. The topological polar surface area (TPSA) is 96.8 Å². The lowest BCUT2D eigenvalue weighted by Gasteiger charge is -2.42.